The van der Waals surface area contributed by atoms with E-state index >= 15 is 0 Å². The van der Waals surface area contributed by atoms with Gasteiger partial charge in [0.15, 0.2) is 9.84 Å². The van der Waals surface area contributed by atoms with E-state index in [9.17, 15) is 12.8 Å². The number of benzene rings is 1. The van der Waals surface area contributed by atoms with Gasteiger partial charge in [0, 0.05) is 17.1 Å². The fourth-order valence-electron chi connectivity index (χ4n) is 2.10. The minimum atomic E-state index is -2.89. The molecule has 1 heterocycles. The normalized spacial score (nSPS) is 22.9. The van der Waals surface area contributed by atoms with E-state index in [0.717, 1.165) is 12.0 Å². The highest BCUT2D eigenvalue weighted by molar-refractivity contribution is 9.10. The van der Waals surface area contributed by atoms with Crippen LogP contribution in [0.5, 0.6) is 0 Å². The van der Waals surface area contributed by atoms with Gasteiger partial charge >= 0.3 is 0 Å². The summed E-state index contributed by atoms with van der Waals surface area (Å²) in [6, 6.07) is 4.51. The number of sulfone groups is 1. The summed E-state index contributed by atoms with van der Waals surface area (Å²) in [5, 5.41) is 3.22. The molecule has 3 nitrogen and oxygen atoms in total. The second-order valence-corrected chi connectivity index (χ2v) is 7.65. The molecule has 0 radical (unpaired) electrons. The van der Waals surface area contributed by atoms with Crippen molar-refractivity contribution in [3.8, 4) is 0 Å². The number of hydrogen-bond donors (Lipinski definition) is 1. The van der Waals surface area contributed by atoms with Crippen molar-refractivity contribution in [2.24, 2.45) is 0 Å². The SMILES string of the molecule is O=S1(=O)CCCC(NCc2ccc(F)cc2Br)C1. The van der Waals surface area contributed by atoms with Gasteiger partial charge in [0.1, 0.15) is 5.82 Å². The quantitative estimate of drug-likeness (QED) is 0.921. The average Bonchev–Trinajstić information content (AvgIpc) is 2.26. The summed E-state index contributed by atoms with van der Waals surface area (Å²) in [7, 11) is -2.89. The van der Waals surface area contributed by atoms with E-state index < -0.39 is 9.84 Å². The zero-order valence-electron chi connectivity index (χ0n) is 9.83. The molecule has 18 heavy (non-hydrogen) atoms. The molecular weight excluding hydrogens is 321 g/mol. The molecule has 1 saturated heterocycles. The molecular formula is C12H15BrFNO2S. The van der Waals surface area contributed by atoms with Gasteiger partial charge in [-0.1, -0.05) is 22.0 Å². The van der Waals surface area contributed by atoms with Gasteiger partial charge < -0.3 is 5.32 Å². The summed E-state index contributed by atoms with van der Waals surface area (Å²) in [6.45, 7) is 0.543. The molecule has 0 aromatic heterocycles. The van der Waals surface area contributed by atoms with Crippen molar-refractivity contribution in [1.29, 1.82) is 0 Å². The van der Waals surface area contributed by atoms with Gasteiger partial charge in [-0.3, -0.25) is 0 Å². The summed E-state index contributed by atoms with van der Waals surface area (Å²) in [6.07, 6.45) is 1.59. The Hall–Kier alpha value is -0.460. The predicted octanol–water partition coefficient (Wildman–Crippen LogP) is 2.25. The number of rotatable bonds is 3. The van der Waals surface area contributed by atoms with E-state index in [4.69, 9.17) is 0 Å². The molecule has 1 unspecified atom stereocenters. The highest BCUT2D eigenvalue weighted by Gasteiger charge is 2.24. The van der Waals surface area contributed by atoms with Crippen LogP contribution in [0.3, 0.4) is 0 Å². The molecule has 0 bridgehead atoms. The molecule has 1 atom stereocenters. The maximum Gasteiger partial charge on any atom is 0.151 e. The predicted molar refractivity (Wildman–Crippen MR) is 72.6 cm³/mol. The Morgan fingerprint density at radius 3 is 2.89 bits per heavy atom. The lowest BCUT2D eigenvalue weighted by Crippen LogP contribution is -2.39. The first kappa shape index (κ1) is 14.0. The van der Waals surface area contributed by atoms with Gasteiger partial charge in [0.2, 0.25) is 0 Å². The Labute approximate surface area is 115 Å². The topological polar surface area (TPSA) is 46.2 Å². The van der Waals surface area contributed by atoms with E-state index in [1.807, 2.05) is 0 Å². The van der Waals surface area contributed by atoms with Crippen molar-refractivity contribution in [1.82, 2.24) is 5.32 Å². The molecule has 2 rings (SSSR count). The Kier molecular flexibility index (Phi) is 4.40. The van der Waals surface area contributed by atoms with Crippen molar-refractivity contribution in [2.75, 3.05) is 11.5 Å². The van der Waals surface area contributed by atoms with Gasteiger partial charge in [-0.2, -0.15) is 0 Å². The summed E-state index contributed by atoms with van der Waals surface area (Å²) in [5.41, 5.74) is 0.930. The van der Waals surface area contributed by atoms with Crippen molar-refractivity contribution < 1.29 is 12.8 Å². The highest BCUT2D eigenvalue weighted by Crippen LogP contribution is 2.19. The summed E-state index contributed by atoms with van der Waals surface area (Å²) in [4.78, 5) is 0. The zero-order valence-corrected chi connectivity index (χ0v) is 12.2. The minimum absolute atomic E-state index is 0.000651. The molecule has 0 saturated carbocycles. The van der Waals surface area contributed by atoms with Crippen molar-refractivity contribution >= 4 is 25.8 Å². The van der Waals surface area contributed by atoms with E-state index in [0.29, 0.717) is 23.2 Å². The molecule has 6 heteroatoms. The van der Waals surface area contributed by atoms with Gasteiger partial charge in [-0.25, -0.2) is 12.8 Å². The molecule has 1 aliphatic rings. The lowest BCUT2D eigenvalue weighted by Gasteiger charge is -2.23. The first-order valence-electron chi connectivity index (χ1n) is 5.84. The Bertz CT molecular complexity index is 533. The molecule has 0 amide bonds. The molecule has 1 fully saturated rings. The third-order valence-corrected chi connectivity index (χ3v) is 5.62. The van der Waals surface area contributed by atoms with Crippen molar-refractivity contribution in [2.45, 2.75) is 25.4 Å². The summed E-state index contributed by atoms with van der Waals surface area (Å²) in [5.74, 6) is 0.211. The van der Waals surface area contributed by atoms with Crippen LogP contribution in [0.4, 0.5) is 4.39 Å². The minimum Gasteiger partial charge on any atom is -0.309 e. The summed E-state index contributed by atoms with van der Waals surface area (Å²) < 4.78 is 36.6. The van der Waals surface area contributed by atoms with Crippen LogP contribution in [0.1, 0.15) is 18.4 Å². The first-order valence-corrected chi connectivity index (χ1v) is 8.45. The molecule has 100 valence electrons. The number of nitrogens with one attached hydrogen (secondary N) is 1. The third kappa shape index (κ3) is 3.76. The molecule has 0 aliphatic carbocycles. The second kappa shape index (κ2) is 5.67. The van der Waals surface area contributed by atoms with Crippen LogP contribution in [0.25, 0.3) is 0 Å². The Morgan fingerprint density at radius 1 is 1.44 bits per heavy atom. The van der Waals surface area contributed by atoms with E-state index in [1.165, 1.54) is 12.1 Å². The average molecular weight is 336 g/mol. The van der Waals surface area contributed by atoms with Crippen LogP contribution in [0.2, 0.25) is 0 Å². The Balaban J connectivity index is 1.95. The van der Waals surface area contributed by atoms with Gasteiger partial charge in [0.05, 0.1) is 11.5 Å². The fraction of sp³-hybridized carbons (Fsp3) is 0.500. The smallest absolute Gasteiger partial charge is 0.151 e. The van der Waals surface area contributed by atoms with E-state index in [-0.39, 0.29) is 17.6 Å². The lowest BCUT2D eigenvalue weighted by atomic mass is 10.1. The summed E-state index contributed by atoms with van der Waals surface area (Å²) >= 11 is 3.30. The largest absolute Gasteiger partial charge is 0.309 e. The number of hydrogen-bond acceptors (Lipinski definition) is 3. The van der Waals surface area contributed by atoms with Crippen LogP contribution >= 0.6 is 15.9 Å². The van der Waals surface area contributed by atoms with Crippen molar-refractivity contribution in [3.63, 3.8) is 0 Å². The van der Waals surface area contributed by atoms with E-state index in [1.54, 1.807) is 6.07 Å². The molecule has 0 spiro atoms. The van der Waals surface area contributed by atoms with Gasteiger partial charge in [-0.05, 0) is 30.5 Å². The van der Waals surface area contributed by atoms with Crippen LogP contribution in [0, 0.1) is 5.82 Å². The van der Waals surface area contributed by atoms with Crippen LogP contribution in [-0.4, -0.2) is 26.0 Å². The van der Waals surface area contributed by atoms with Crippen LogP contribution < -0.4 is 5.32 Å². The number of halogens is 2. The zero-order chi connectivity index (χ0) is 13.2. The van der Waals surface area contributed by atoms with E-state index in [2.05, 4.69) is 21.2 Å². The van der Waals surface area contributed by atoms with Gasteiger partial charge in [-0.15, -0.1) is 0 Å². The molecule has 1 aromatic carbocycles. The Morgan fingerprint density at radius 2 is 2.22 bits per heavy atom. The molecule has 1 N–H and O–H groups in total. The fourth-order valence-corrected chi connectivity index (χ4v) is 4.26. The second-order valence-electron chi connectivity index (χ2n) is 4.57. The van der Waals surface area contributed by atoms with Crippen molar-refractivity contribution in [3.05, 3.63) is 34.1 Å². The monoisotopic (exact) mass is 335 g/mol. The maximum atomic E-state index is 12.9. The standard InChI is InChI=1S/C12H15BrFNO2S/c13-12-6-10(14)4-3-9(12)7-15-11-2-1-5-18(16,17)8-11/h3-4,6,11,15H,1-2,5,7-8H2. The van der Waals surface area contributed by atoms with Gasteiger partial charge in [0.25, 0.3) is 0 Å². The lowest BCUT2D eigenvalue weighted by molar-refractivity contribution is 0.479. The first-order chi connectivity index (χ1) is 8.46. The molecule has 1 aliphatic heterocycles. The highest BCUT2D eigenvalue weighted by atomic mass is 79.9. The maximum absolute atomic E-state index is 12.9. The molecule has 1 aromatic rings. The third-order valence-electron chi connectivity index (χ3n) is 3.06. The van der Waals surface area contributed by atoms with Crippen LogP contribution in [0.15, 0.2) is 22.7 Å². The van der Waals surface area contributed by atoms with Crippen LogP contribution in [-0.2, 0) is 16.4 Å².